The summed E-state index contributed by atoms with van der Waals surface area (Å²) in [6, 6.07) is 9.99. The molecule has 8 heteroatoms. The molecule has 3 aliphatic rings. The van der Waals surface area contributed by atoms with Crippen molar-refractivity contribution in [2.75, 3.05) is 51.7 Å². The van der Waals surface area contributed by atoms with Crippen LogP contribution in [0.2, 0.25) is 0 Å². The number of imide groups is 1. The van der Waals surface area contributed by atoms with E-state index in [-0.39, 0.29) is 11.7 Å². The Kier molecular flexibility index (Phi) is 4.12. The Hall–Kier alpha value is -2.87. The number of fused-ring (bicyclic) bond motifs is 1. The number of aliphatic imine (C=N–C) groups is 2. The molecule has 1 fully saturated rings. The predicted octanol–water partition coefficient (Wildman–Crippen LogP) is 0.294. The number of benzene rings is 1. The van der Waals surface area contributed by atoms with Crippen molar-refractivity contribution in [3.63, 3.8) is 0 Å². The second-order valence-corrected chi connectivity index (χ2v) is 6.62. The summed E-state index contributed by atoms with van der Waals surface area (Å²) in [4.78, 5) is 38.8. The predicted molar refractivity (Wildman–Crippen MR) is 99.3 cm³/mol. The fourth-order valence-electron chi connectivity index (χ4n) is 3.39. The number of piperazine rings is 1. The molecule has 26 heavy (non-hydrogen) atoms. The zero-order chi connectivity index (χ0) is 18.3. The minimum absolute atomic E-state index is 0.257. The van der Waals surface area contributed by atoms with Crippen LogP contribution in [0.1, 0.15) is 0 Å². The van der Waals surface area contributed by atoms with Gasteiger partial charge in [0.05, 0.1) is 20.6 Å². The largest absolute Gasteiger partial charge is 0.446 e. The maximum atomic E-state index is 12.2. The van der Waals surface area contributed by atoms with Gasteiger partial charge >= 0.3 is 17.8 Å². The van der Waals surface area contributed by atoms with E-state index in [1.807, 2.05) is 6.07 Å². The van der Waals surface area contributed by atoms with E-state index in [1.165, 1.54) is 17.3 Å². The molecule has 0 aliphatic carbocycles. The van der Waals surface area contributed by atoms with E-state index in [0.717, 1.165) is 31.1 Å². The van der Waals surface area contributed by atoms with E-state index in [2.05, 4.69) is 44.1 Å². The second kappa shape index (κ2) is 6.45. The third-order valence-electron chi connectivity index (χ3n) is 4.95. The van der Waals surface area contributed by atoms with Crippen molar-refractivity contribution in [3.05, 3.63) is 30.3 Å². The van der Waals surface area contributed by atoms with Gasteiger partial charge in [-0.3, -0.25) is 4.90 Å². The lowest BCUT2D eigenvalue weighted by atomic mass is 10.2. The first kappa shape index (κ1) is 16.6. The molecule has 3 heterocycles. The topological polar surface area (TPSA) is 71.6 Å². The zero-order valence-corrected chi connectivity index (χ0v) is 14.9. The number of hydrogen-bond acceptors (Lipinski definition) is 6. The molecular weight excluding hydrogens is 332 g/mol. The van der Waals surface area contributed by atoms with Crippen LogP contribution >= 0.6 is 0 Å². The number of amidine groups is 2. The SMILES string of the molecule is CN1C(=O)C2=NC(CN3CCN(c4ccccc4)CC3)=NC2=[N+](C)C1=O. The van der Waals surface area contributed by atoms with Crippen molar-refractivity contribution in [1.29, 1.82) is 0 Å². The van der Waals surface area contributed by atoms with Gasteiger partial charge in [0.15, 0.2) is 0 Å². The van der Waals surface area contributed by atoms with Gasteiger partial charge in [0.25, 0.3) is 0 Å². The molecule has 134 valence electrons. The average Bonchev–Trinajstić information content (AvgIpc) is 3.10. The molecule has 0 spiro atoms. The number of rotatable bonds is 3. The Labute approximate surface area is 151 Å². The highest BCUT2D eigenvalue weighted by Crippen LogP contribution is 2.16. The number of carbonyl (C=O) groups is 2. The standard InChI is InChI=1S/C18H21N6O2/c1-21-16-15(17(25)22(2)18(21)26)19-14(20-16)12-23-8-10-24(11-9-23)13-6-4-3-5-7-13/h3-7H,8-12H2,1-2H3/q+1. The summed E-state index contributed by atoms with van der Waals surface area (Å²) >= 11 is 0. The Morgan fingerprint density at radius 1 is 1.04 bits per heavy atom. The van der Waals surface area contributed by atoms with Gasteiger partial charge in [0, 0.05) is 31.9 Å². The van der Waals surface area contributed by atoms with Crippen LogP contribution in [0.5, 0.6) is 0 Å². The summed E-state index contributed by atoms with van der Waals surface area (Å²) < 4.78 is 1.38. The maximum absolute atomic E-state index is 12.2. The molecule has 0 bridgehead atoms. The average molecular weight is 353 g/mol. The molecule has 3 amide bonds. The van der Waals surface area contributed by atoms with Gasteiger partial charge in [0.1, 0.15) is 0 Å². The summed E-state index contributed by atoms with van der Waals surface area (Å²) in [6.07, 6.45) is 0. The number of carbonyl (C=O) groups excluding carboxylic acids is 2. The molecule has 0 unspecified atom stereocenters. The van der Waals surface area contributed by atoms with Gasteiger partial charge in [-0.2, -0.15) is 9.48 Å². The van der Waals surface area contributed by atoms with Crippen LogP contribution in [0.3, 0.4) is 0 Å². The third-order valence-corrected chi connectivity index (χ3v) is 4.95. The lowest BCUT2D eigenvalue weighted by Crippen LogP contribution is -2.51. The highest BCUT2D eigenvalue weighted by Gasteiger charge is 2.44. The molecule has 3 aliphatic heterocycles. The number of nitrogens with zero attached hydrogens (tertiary/aromatic N) is 6. The highest BCUT2D eigenvalue weighted by atomic mass is 16.2. The van der Waals surface area contributed by atoms with Gasteiger partial charge in [-0.25, -0.2) is 14.6 Å². The number of hydrogen-bond donors (Lipinski definition) is 0. The van der Waals surface area contributed by atoms with E-state index in [1.54, 1.807) is 7.05 Å². The molecule has 0 saturated carbocycles. The van der Waals surface area contributed by atoms with Crippen LogP contribution in [0, 0.1) is 0 Å². The number of amides is 3. The summed E-state index contributed by atoms with van der Waals surface area (Å²) in [6.45, 7) is 4.25. The van der Waals surface area contributed by atoms with Gasteiger partial charge < -0.3 is 4.90 Å². The number of urea groups is 1. The van der Waals surface area contributed by atoms with Gasteiger partial charge in [-0.05, 0) is 12.1 Å². The normalized spacial score (nSPS) is 21.2. The second-order valence-electron chi connectivity index (χ2n) is 6.62. The Bertz CT molecular complexity index is 850. The first-order valence-electron chi connectivity index (χ1n) is 8.66. The van der Waals surface area contributed by atoms with Crippen LogP contribution in [0.4, 0.5) is 10.5 Å². The number of anilines is 1. The van der Waals surface area contributed by atoms with E-state index < -0.39 is 5.91 Å². The summed E-state index contributed by atoms with van der Waals surface area (Å²) in [5, 5.41) is 0. The molecule has 4 rings (SSSR count). The first-order valence-corrected chi connectivity index (χ1v) is 8.66. The lowest BCUT2D eigenvalue weighted by molar-refractivity contribution is -0.401. The molecule has 0 aromatic heterocycles. The minimum atomic E-state index is -0.393. The Morgan fingerprint density at radius 2 is 1.73 bits per heavy atom. The molecule has 1 aromatic carbocycles. The smallest absolute Gasteiger partial charge is 0.369 e. The lowest BCUT2D eigenvalue weighted by Gasteiger charge is -2.35. The fraction of sp³-hybridized carbons (Fsp3) is 0.389. The van der Waals surface area contributed by atoms with E-state index in [0.29, 0.717) is 18.2 Å². The Morgan fingerprint density at radius 3 is 2.42 bits per heavy atom. The summed E-state index contributed by atoms with van der Waals surface area (Å²) in [5.74, 6) is 0.554. The Balaban J connectivity index is 1.43. The van der Waals surface area contributed by atoms with Crippen molar-refractivity contribution in [1.82, 2.24) is 9.80 Å². The molecule has 0 radical (unpaired) electrons. The third kappa shape index (κ3) is 2.82. The number of para-hydroxylation sites is 1. The maximum Gasteiger partial charge on any atom is 0.446 e. The van der Waals surface area contributed by atoms with Crippen molar-refractivity contribution < 1.29 is 14.2 Å². The molecule has 1 aromatic rings. The molecule has 0 atom stereocenters. The van der Waals surface area contributed by atoms with Crippen LogP contribution in [-0.2, 0) is 4.79 Å². The van der Waals surface area contributed by atoms with Gasteiger partial charge in [-0.15, -0.1) is 0 Å². The highest BCUT2D eigenvalue weighted by molar-refractivity contribution is 6.70. The molecule has 0 N–H and O–H groups in total. The van der Waals surface area contributed by atoms with Crippen molar-refractivity contribution in [3.8, 4) is 0 Å². The summed E-state index contributed by atoms with van der Waals surface area (Å²) in [7, 11) is 3.07. The van der Waals surface area contributed by atoms with Gasteiger partial charge in [0.2, 0.25) is 11.5 Å². The monoisotopic (exact) mass is 353 g/mol. The minimum Gasteiger partial charge on any atom is -0.369 e. The van der Waals surface area contributed by atoms with E-state index in [4.69, 9.17) is 0 Å². The van der Waals surface area contributed by atoms with Crippen LogP contribution in [-0.4, -0.2) is 90.5 Å². The van der Waals surface area contributed by atoms with Crippen molar-refractivity contribution in [2.45, 2.75) is 0 Å². The zero-order valence-electron chi connectivity index (χ0n) is 14.9. The van der Waals surface area contributed by atoms with Gasteiger partial charge in [-0.1, -0.05) is 23.2 Å². The molecule has 1 saturated heterocycles. The van der Waals surface area contributed by atoms with Crippen molar-refractivity contribution in [2.24, 2.45) is 9.98 Å². The quantitative estimate of drug-likeness (QED) is 0.733. The van der Waals surface area contributed by atoms with Crippen LogP contribution in [0.15, 0.2) is 40.3 Å². The molecule has 8 nitrogen and oxygen atoms in total. The van der Waals surface area contributed by atoms with Crippen LogP contribution < -0.4 is 4.90 Å². The van der Waals surface area contributed by atoms with Crippen LogP contribution in [0.25, 0.3) is 0 Å². The molecular formula is C18H21N6O2+. The van der Waals surface area contributed by atoms with Crippen molar-refractivity contribution >= 4 is 35.0 Å². The first-order chi connectivity index (χ1) is 12.5. The fourth-order valence-corrected chi connectivity index (χ4v) is 3.39. The van der Waals surface area contributed by atoms with E-state index in [9.17, 15) is 9.59 Å². The van der Waals surface area contributed by atoms with E-state index >= 15 is 0 Å². The summed E-state index contributed by atoms with van der Waals surface area (Å²) in [5.41, 5.74) is 1.49.